The van der Waals surface area contributed by atoms with E-state index in [2.05, 4.69) is 6.58 Å². The molecule has 10 nitrogen and oxygen atoms in total. The molecule has 9 atom stereocenters. The first-order valence-corrected chi connectivity index (χ1v) is 25.3. The lowest BCUT2D eigenvalue weighted by atomic mass is 9.59. The number of hydrogen-bond acceptors (Lipinski definition) is 10. The highest BCUT2D eigenvalue weighted by Gasteiger charge is 2.78. The molecule has 0 aromatic rings. The van der Waals surface area contributed by atoms with Gasteiger partial charge in [0, 0.05) is 5.57 Å². The van der Waals surface area contributed by atoms with Crippen molar-refractivity contribution in [2.24, 2.45) is 35.5 Å². The molecule has 2 rings (SSSR count). The summed E-state index contributed by atoms with van der Waals surface area (Å²) in [6.07, 6.45) is -24.6. The summed E-state index contributed by atoms with van der Waals surface area (Å²) in [5.41, 5.74) is -29.9. The van der Waals surface area contributed by atoms with Gasteiger partial charge in [0.2, 0.25) is 0 Å². The third kappa shape index (κ3) is 14.2. The summed E-state index contributed by atoms with van der Waals surface area (Å²) in [6.45, 7) is 29.2. The normalized spacial score (nSPS) is 25.6. The van der Waals surface area contributed by atoms with E-state index < -0.39 is 139 Å². The van der Waals surface area contributed by atoms with Crippen LogP contribution < -0.4 is 0 Å². The molecule has 0 radical (unpaired) electrons. The Morgan fingerprint density at radius 2 is 0.653 bits per heavy atom. The largest absolute Gasteiger partial charge is 0.458 e. The van der Waals surface area contributed by atoms with Crippen LogP contribution in [0.15, 0.2) is 12.2 Å². The first-order valence-electron chi connectivity index (χ1n) is 25.3. The van der Waals surface area contributed by atoms with Gasteiger partial charge in [0.25, 0.3) is 5.60 Å². The topological polar surface area (TPSA) is 144 Å². The second kappa shape index (κ2) is 20.9. The molecule has 2 fully saturated rings. The minimum Gasteiger partial charge on any atom is -0.458 e. The van der Waals surface area contributed by atoms with Crippen LogP contribution in [0, 0.1) is 35.5 Å². The number of halogens is 12. The number of ether oxygens (including phenoxy) is 5. The van der Waals surface area contributed by atoms with Crippen LogP contribution in [0.2, 0.25) is 0 Å². The zero-order valence-electron chi connectivity index (χ0n) is 47.8. The Kier molecular flexibility index (Phi) is 19.2. The average molecular weight is 1110 g/mol. The van der Waals surface area contributed by atoms with Crippen LogP contribution in [0.25, 0.3) is 0 Å². The Balaban J connectivity index is 3.13. The van der Waals surface area contributed by atoms with Gasteiger partial charge in [0.15, 0.2) is 11.2 Å². The van der Waals surface area contributed by atoms with Gasteiger partial charge in [-0.2, -0.15) is 52.7 Å². The maximum Gasteiger partial charge on any atom is 0.429 e. The van der Waals surface area contributed by atoms with Crippen LogP contribution in [-0.2, 0) is 28.5 Å². The number of esters is 1. The molecule has 0 aromatic heterocycles. The van der Waals surface area contributed by atoms with Crippen molar-refractivity contribution in [1.82, 2.24) is 0 Å². The lowest BCUT2D eigenvalue weighted by Gasteiger charge is -2.56. The van der Waals surface area contributed by atoms with Gasteiger partial charge < -0.3 is 44.1 Å². The Bertz CT molecular complexity index is 1970. The van der Waals surface area contributed by atoms with Crippen molar-refractivity contribution in [3.63, 3.8) is 0 Å². The van der Waals surface area contributed by atoms with Crippen LogP contribution in [-0.4, -0.2) is 124 Å². The summed E-state index contributed by atoms with van der Waals surface area (Å²) in [4.78, 5) is 14.0. The summed E-state index contributed by atoms with van der Waals surface area (Å²) in [6, 6.07) is 0. The molecule has 0 spiro atoms. The number of rotatable bonds is 20. The fourth-order valence-corrected chi connectivity index (χ4v) is 11.2. The maximum atomic E-state index is 14.5. The van der Waals surface area contributed by atoms with E-state index in [1.165, 1.54) is 62.3 Å². The van der Waals surface area contributed by atoms with E-state index in [1.807, 2.05) is 0 Å². The Morgan fingerprint density at radius 3 is 0.867 bits per heavy atom. The van der Waals surface area contributed by atoms with Gasteiger partial charge >= 0.3 is 30.7 Å². The van der Waals surface area contributed by atoms with Gasteiger partial charge in [-0.15, -0.1) is 0 Å². The zero-order valence-corrected chi connectivity index (χ0v) is 47.8. The van der Waals surface area contributed by atoms with Crippen molar-refractivity contribution in [2.75, 3.05) is 0 Å². The first-order chi connectivity index (χ1) is 32.4. The van der Waals surface area contributed by atoms with Crippen LogP contribution in [0.3, 0.4) is 0 Å². The third-order valence-electron chi connectivity index (χ3n) is 17.6. The van der Waals surface area contributed by atoms with E-state index in [9.17, 15) is 77.9 Å². The maximum absolute atomic E-state index is 14.5. The molecule has 22 heteroatoms. The predicted octanol–water partition coefficient (Wildman–Crippen LogP) is 13.1. The fourth-order valence-electron chi connectivity index (χ4n) is 11.2. The van der Waals surface area contributed by atoms with Gasteiger partial charge in [-0.1, -0.05) is 6.58 Å². The van der Waals surface area contributed by atoms with E-state index in [4.69, 9.17) is 23.7 Å². The second-order valence-electron chi connectivity index (χ2n) is 26.6. The molecule has 0 aliphatic heterocycles. The number of aliphatic hydroxyl groups is 4. The molecule has 0 amide bonds. The first kappa shape index (κ1) is 69.2. The Morgan fingerprint density at radius 1 is 0.413 bits per heavy atom. The second-order valence-corrected chi connectivity index (χ2v) is 26.6. The van der Waals surface area contributed by atoms with Crippen LogP contribution in [0.5, 0.6) is 0 Å². The van der Waals surface area contributed by atoms with E-state index in [0.717, 1.165) is 27.7 Å². The fraction of sp³-hybridized carbons (Fsp3) is 0.943. The number of carbonyl (C=O) groups excluding carboxylic acids is 1. The zero-order chi connectivity index (χ0) is 60.0. The Hall–Kier alpha value is -1.95. The van der Waals surface area contributed by atoms with Crippen molar-refractivity contribution in [3.05, 3.63) is 12.2 Å². The minimum atomic E-state index is -6.33. The smallest absolute Gasteiger partial charge is 0.429 e. The molecule has 2 saturated carbocycles. The van der Waals surface area contributed by atoms with Crippen molar-refractivity contribution >= 4 is 5.97 Å². The molecule has 9 unspecified atom stereocenters. The van der Waals surface area contributed by atoms with Crippen molar-refractivity contribution in [3.8, 4) is 0 Å². The van der Waals surface area contributed by atoms with Crippen molar-refractivity contribution in [2.45, 2.75) is 282 Å². The van der Waals surface area contributed by atoms with Gasteiger partial charge in [-0.3, -0.25) is 0 Å². The van der Waals surface area contributed by atoms with E-state index in [0.29, 0.717) is 27.7 Å². The van der Waals surface area contributed by atoms with Gasteiger partial charge in [0.05, 0.1) is 33.6 Å². The van der Waals surface area contributed by atoms with Gasteiger partial charge in [-0.25, -0.2) is 4.79 Å². The summed E-state index contributed by atoms with van der Waals surface area (Å²) in [5.74, 6) is -6.37. The molecule has 0 bridgehead atoms. The highest BCUT2D eigenvalue weighted by Crippen LogP contribution is 2.58. The van der Waals surface area contributed by atoms with Crippen LogP contribution >= 0.6 is 0 Å². The molecule has 0 heterocycles. The standard InChI is InChI=1S/C53H88F12O10/c1-29(2)37(66)71-36(30-23-32(38(3,4)72-43(13,14)42(11,12)67)27-33(24-30)39(5,6)73-44(15,16)47(21,68)50(54,55)56)31-25-34(40(7,8)74-45(17,18)48(22,69)51(57,58)59)28-35(26-31)41(9,10)75-46(19,20)49(70,52(60,61)62)53(63,64)65/h30-36,67-70H,1,23-28H2,2-22H3. The molecule has 75 heavy (non-hydrogen) atoms. The van der Waals surface area contributed by atoms with E-state index in [1.54, 1.807) is 27.7 Å². The summed E-state index contributed by atoms with van der Waals surface area (Å²) in [7, 11) is 0. The SMILES string of the molecule is C=C(C)C(=O)OC(C1CC(C(C)(C)OC(C)(C)C(C)(C)O)CC(C(C)(C)OC(C)(C)C(C)(O)C(F)(F)F)C1)C1CC(C(C)(C)OC(C)(C)C(C)(O)C(F)(F)F)CC(C(C)(C)OC(C)(C)C(O)(C(F)(F)F)C(F)(F)F)C1. The molecule has 444 valence electrons. The minimum absolute atomic E-state index is 0.0111. The predicted molar refractivity (Wildman–Crippen MR) is 257 cm³/mol. The summed E-state index contributed by atoms with van der Waals surface area (Å²) < 4.78 is 205. The van der Waals surface area contributed by atoms with Crippen molar-refractivity contribution in [1.29, 1.82) is 0 Å². The molecule has 0 aromatic carbocycles. The van der Waals surface area contributed by atoms with Crippen LogP contribution in [0.4, 0.5) is 52.7 Å². The van der Waals surface area contributed by atoms with Crippen molar-refractivity contribution < 1.29 is 102 Å². The van der Waals surface area contributed by atoms with Crippen LogP contribution in [0.1, 0.15) is 184 Å². The molecule has 2 aliphatic carbocycles. The van der Waals surface area contributed by atoms with E-state index in [-0.39, 0.29) is 44.1 Å². The van der Waals surface area contributed by atoms with Gasteiger partial charge in [-0.05, 0) is 219 Å². The van der Waals surface area contributed by atoms with Gasteiger partial charge in [0.1, 0.15) is 22.9 Å². The molecular formula is C53H88F12O10. The number of alkyl halides is 12. The monoisotopic (exact) mass is 1110 g/mol. The molecule has 0 saturated heterocycles. The summed E-state index contributed by atoms with van der Waals surface area (Å²) >= 11 is 0. The number of carbonyl (C=O) groups is 1. The lowest BCUT2D eigenvalue weighted by molar-refractivity contribution is -0.421. The molecular weight excluding hydrogens is 1020 g/mol. The quantitative estimate of drug-likeness (QED) is 0.0528. The van der Waals surface area contributed by atoms with E-state index >= 15 is 0 Å². The third-order valence-corrected chi connectivity index (χ3v) is 17.6. The Labute approximate surface area is 436 Å². The highest BCUT2D eigenvalue weighted by molar-refractivity contribution is 5.87. The highest BCUT2D eigenvalue weighted by atomic mass is 19.4. The number of hydrogen-bond donors (Lipinski definition) is 4. The molecule has 4 N–H and O–H groups in total. The summed E-state index contributed by atoms with van der Waals surface area (Å²) in [5, 5.41) is 43.7. The molecule has 2 aliphatic rings. The average Bonchev–Trinajstić information content (AvgIpc) is 3.15. The lowest BCUT2D eigenvalue weighted by Crippen LogP contribution is -2.71.